The predicted molar refractivity (Wildman–Crippen MR) is 115 cm³/mol. The van der Waals surface area contributed by atoms with Gasteiger partial charge in [0.2, 0.25) is 5.95 Å². The summed E-state index contributed by atoms with van der Waals surface area (Å²) in [5, 5.41) is 0. The lowest BCUT2D eigenvalue weighted by Gasteiger charge is -2.37. The molecule has 0 bridgehead atoms. The Labute approximate surface area is 170 Å². The van der Waals surface area contributed by atoms with Crippen LogP contribution in [0.4, 0.5) is 27.5 Å². The van der Waals surface area contributed by atoms with Gasteiger partial charge in [-0.3, -0.25) is 0 Å². The van der Waals surface area contributed by atoms with Crippen LogP contribution in [0.3, 0.4) is 0 Å². The highest BCUT2D eigenvalue weighted by atomic mass is 19.1. The number of halogens is 1. The van der Waals surface area contributed by atoms with Crippen LogP contribution in [0.25, 0.3) is 0 Å². The minimum Gasteiger partial charge on any atom is -0.368 e. The van der Waals surface area contributed by atoms with Crippen molar-refractivity contribution in [2.45, 2.75) is 19.4 Å². The Bertz CT molecular complexity index is 998. The van der Waals surface area contributed by atoms with Crippen molar-refractivity contribution in [3.05, 3.63) is 72.2 Å². The normalized spacial score (nSPS) is 18.8. The van der Waals surface area contributed by atoms with E-state index in [-0.39, 0.29) is 5.82 Å². The monoisotopic (exact) mass is 389 g/mol. The van der Waals surface area contributed by atoms with Crippen LogP contribution in [0.2, 0.25) is 0 Å². The molecule has 5 rings (SSSR count). The van der Waals surface area contributed by atoms with Gasteiger partial charge in [-0.15, -0.1) is 0 Å². The van der Waals surface area contributed by atoms with Gasteiger partial charge in [0.25, 0.3) is 0 Å². The third-order valence-electron chi connectivity index (χ3n) is 5.85. The first-order valence-corrected chi connectivity index (χ1v) is 10.1. The number of anilines is 4. The number of piperazine rings is 1. The van der Waals surface area contributed by atoms with Gasteiger partial charge in [0.1, 0.15) is 11.6 Å². The maximum atomic E-state index is 13.2. The van der Waals surface area contributed by atoms with Crippen LogP contribution in [-0.4, -0.2) is 42.2 Å². The van der Waals surface area contributed by atoms with E-state index in [4.69, 9.17) is 4.98 Å². The lowest BCUT2D eigenvalue weighted by atomic mass is 10.1. The van der Waals surface area contributed by atoms with Crippen molar-refractivity contribution in [3.63, 3.8) is 0 Å². The van der Waals surface area contributed by atoms with Gasteiger partial charge in [-0.05, 0) is 55.3 Å². The summed E-state index contributed by atoms with van der Waals surface area (Å²) in [5.41, 5.74) is 3.62. The molecule has 2 aliphatic rings. The Balaban J connectivity index is 1.33. The molecule has 3 heterocycles. The van der Waals surface area contributed by atoms with Crippen LogP contribution >= 0.6 is 0 Å². The van der Waals surface area contributed by atoms with Crippen molar-refractivity contribution in [1.29, 1.82) is 0 Å². The molecule has 148 valence electrons. The summed E-state index contributed by atoms with van der Waals surface area (Å²) < 4.78 is 13.2. The maximum Gasteiger partial charge on any atom is 0.232 e. The molecule has 1 unspecified atom stereocenters. The second-order valence-corrected chi connectivity index (χ2v) is 7.72. The second kappa shape index (κ2) is 7.35. The fourth-order valence-electron chi connectivity index (χ4n) is 4.35. The van der Waals surface area contributed by atoms with E-state index in [1.54, 1.807) is 0 Å². The molecule has 5 nitrogen and oxygen atoms in total. The van der Waals surface area contributed by atoms with Gasteiger partial charge in [0, 0.05) is 49.8 Å². The fraction of sp³-hybridized carbons (Fsp3) is 0.304. The van der Waals surface area contributed by atoms with Gasteiger partial charge < -0.3 is 14.7 Å². The molecule has 3 aromatic rings. The summed E-state index contributed by atoms with van der Waals surface area (Å²) in [7, 11) is 0. The number of nitrogens with zero attached hydrogens (tertiary/aromatic N) is 5. The van der Waals surface area contributed by atoms with Crippen molar-refractivity contribution in [3.8, 4) is 0 Å². The standard InChI is InChI=1S/C23H24FN5/c1-17-16-18-4-2-3-5-21(18)29(17)23-25-11-10-22(26-23)28-14-12-27(13-15-28)20-8-6-19(24)7-9-20/h2-11,17H,12-16H2,1H3. The van der Waals surface area contributed by atoms with Gasteiger partial charge >= 0.3 is 0 Å². The molecule has 0 aliphatic carbocycles. The number of fused-ring (bicyclic) bond motifs is 1. The van der Waals surface area contributed by atoms with Gasteiger partial charge in [-0.25, -0.2) is 9.37 Å². The van der Waals surface area contributed by atoms with Crippen molar-refractivity contribution in [2.24, 2.45) is 0 Å². The number of para-hydroxylation sites is 1. The molecule has 0 saturated carbocycles. The summed E-state index contributed by atoms with van der Waals surface area (Å²) in [6.07, 6.45) is 2.87. The van der Waals surface area contributed by atoms with E-state index in [2.05, 4.69) is 50.9 Å². The third-order valence-corrected chi connectivity index (χ3v) is 5.85. The van der Waals surface area contributed by atoms with Crippen LogP contribution in [0.1, 0.15) is 12.5 Å². The molecular weight excluding hydrogens is 365 g/mol. The van der Waals surface area contributed by atoms with Crippen molar-refractivity contribution in [2.75, 3.05) is 40.9 Å². The molecule has 2 aromatic carbocycles. The van der Waals surface area contributed by atoms with E-state index in [0.717, 1.165) is 50.1 Å². The average Bonchev–Trinajstić information content (AvgIpc) is 3.10. The highest BCUT2D eigenvalue weighted by Crippen LogP contribution is 2.36. The predicted octanol–water partition coefficient (Wildman–Crippen LogP) is 4.03. The molecule has 1 saturated heterocycles. The van der Waals surface area contributed by atoms with E-state index in [1.165, 1.54) is 23.4 Å². The molecule has 1 aromatic heterocycles. The van der Waals surface area contributed by atoms with Crippen LogP contribution in [0, 0.1) is 5.82 Å². The quantitative estimate of drug-likeness (QED) is 0.676. The Morgan fingerprint density at radius 2 is 1.62 bits per heavy atom. The molecule has 0 spiro atoms. The van der Waals surface area contributed by atoms with E-state index < -0.39 is 0 Å². The zero-order valence-corrected chi connectivity index (χ0v) is 16.5. The van der Waals surface area contributed by atoms with E-state index in [0.29, 0.717) is 6.04 Å². The molecule has 0 N–H and O–H groups in total. The highest BCUT2D eigenvalue weighted by Gasteiger charge is 2.29. The summed E-state index contributed by atoms with van der Waals surface area (Å²) in [6.45, 7) is 5.74. The summed E-state index contributed by atoms with van der Waals surface area (Å²) in [6, 6.07) is 17.6. The molecule has 29 heavy (non-hydrogen) atoms. The largest absolute Gasteiger partial charge is 0.368 e. The van der Waals surface area contributed by atoms with Gasteiger partial charge in [0.05, 0.1) is 0 Å². The summed E-state index contributed by atoms with van der Waals surface area (Å²) >= 11 is 0. The number of benzene rings is 2. The Kier molecular flexibility index (Phi) is 4.54. The fourth-order valence-corrected chi connectivity index (χ4v) is 4.35. The lowest BCUT2D eigenvalue weighted by Crippen LogP contribution is -2.47. The number of aromatic nitrogens is 2. The molecule has 2 aliphatic heterocycles. The van der Waals surface area contributed by atoms with Gasteiger partial charge in [0.15, 0.2) is 0 Å². The van der Waals surface area contributed by atoms with Crippen LogP contribution < -0.4 is 14.7 Å². The zero-order valence-electron chi connectivity index (χ0n) is 16.5. The minimum atomic E-state index is -0.196. The number of hydrogen-bond acceptors (Lipinski definition) is 5. The highest BCUT2D eigenvalue weighted by molar-refractivity contribution is 5.67. The van der Waals surface area contributed by atoms with E-state index >= 15 is 0 Å². The van der Waals surface area contributed by atoms with Gasteiger partial charge in [-0.1, -0.05) is 18.2 Å². The zero-order chi connectivity index (χ0) is 19.8. The molecule has 1 fully saturated rings. The number of hydrogen-bond donors (Lipinski definition) is 0. The third kappa shape index (κ3) is 3.39. The molecule has 0 amide bonds. The smallest absolute Gasteiger partial charge is 0.232 e. The SMILES string of the molecule is CC1Cc2ccccc2N1c1nccc(N2CCN(c3ccc(F)cc3)CC2)n1. The van der Waals surface area contributed by atoms with Crippen LogP contribution in [0.15, 0.2) is 60.8 Å². The molecule has 1 atom stereocenters. The molecule has 6 heteroatoms. The van der Waals surface area contributed by atoms with Crippen LogP contribution in [0.5, 0.6) is 0 Å². The molecular formula is C23H24FN5. The van der Waals surface area contributed by atoms with Crippen molar-refractivity contribution in [1.82, 2.24) is 9.97 Å². The first kappa shape index (κ1) is 17.9. The average molecular weight is 389 g/mol. The second-order valence-electron chi connectivity index (χ2n) is 7.72. The Hall–Kier alpha value is -3.15. The Morgan fingerprint density at radius 3 is 2.41 bits per heavy atom. The topological polar surface area (TPSA) is 35.5 Å². The van der Waals surface area contributed by atoms with Gasteiger partial charge in [-0.2, -0.15) is 4.98 Å². The summed E-state index contributed by atoms with van der Waals surface area (Å²) in [5.74, 6) is 1.53. The van der Waals surface area contributed by atoms with Crippen molar-refractivity contribution >= 4 is 23.1 Å². The summed E-state index contributed by atoms with van der Waals surface area (Å²) in [4.78, 5) is 16.3. The maximum absolute atomic E-state index is 13.2. The first-order valence-electron chi connectivity index (χ1n) is 10.1. The lowest BCUT2D eigenvalue weighted by molar-refractivity contribution is 0.624. The van der Waals surface area contributed by atoms with E-state index in [1.807, 2.05) is 24.4 Å². The minimum absolute atomic E-state index is 0.196. The Morgan fingerprint density at radius 1 is 0.897 bits per heavy atom. The number of rotatable bonds is 3. The van der Waals surface area contributed by atoms with E-state index in [9.17, 15) is 4.39 Å². The van der Waals surface area contributed by atoms with Crippen LogP contribution in [-0.2, 0) is 6.42 Å². The first-order chi connectivity index (χ1) is 14.2. The van der Waals surface area contributed by atoms with Crippen molar-refractivity contribution < 1.29 is 4.39 Å². The molecule has 0 radical (unpaired) electrons.